The fourth-order valence-corrected chi connectivity index (χ4v) is 2.05. The summed E-state index contributed by atoms with van der Waals surface area (Å²) in [6, 6.07) is 10.0. The third-order valence-electron chi connectivity index (χ3n) is 3.28. The number of anilines is 1. The fourth-order valence-electron chi connectivity index (χ4n) is 2.05. The molecule has 25 heavy (non-hydrogen) atoms. The zero-order valence-electron chi connectivity index (χ0n) is 12.9. The van der Waals surface area contributed by atoms with Crippen LogP contribution in [0, 0.1) is 5.82 Å². The van der Waals surface area contributed by atoms with E-state index in [0.29, 0.717) is 5.56 Å². The summed E-state index contributed by atoms with van der Waals surface area (Å²) in [6.07, 6.45) is -4.33. The average molecular weight is 354 g/mol. The second kappa shape index (κ2) is 7.78. The van der Waals surface area contributed by atoms with E-state index < -0.39 is 29.4 Å². The van der Waals surface area contributed by atoms with Crippen molar-refractivity contribution in [1.82, 2.24) is 5.32 Å². The van der Waals surface area contributed by atoms with Gasteiger partial charge in [0.2, 0.25) is 0 Å². The topological polar surface area (TPSA) is 58.2 Å². The lowest BCUT2D eigenvalue weighted by Gasteiger charge is -2.09. The molecule has 8 heteroatoms. The smallest absolute Gasteiger partial charge is 0.347 e. The Morgan fingerprint density at radius 2 is 1.68 bits per heavy atom. The van der Waals surface area contributed by atoms with Crippen molar-refractivity contribution in [3.8, 4) is 0 Å². The van der Waals surface area contributed by atoms with Gasteiger partial charge in [0.25, 0.3) is 0 Å². The number of amides is 2. The first-order valence-electron chi connectivity index (χ1n) is 7.27. The maximum absolute atomic E-state index is 13.4. The minimum Gasteiger partial charge on any atom is -0.347 e. The molecule has 0 saturated carbocycles. The summed E-state index contributed by atoms with van der Waals surface area (Å²) >= 11 is 0. The Hall–Kier alpha value is -2.90. The summed E-state index contributed by atoms with van der Waals surface area (Å²) in [5.74, 6) is -2.75. The Morgan fingerprint density at radius 1 is 0.960 bits per heavy atom. The molecular formula is C17H14F4N2O2. The normalized spacial score (nSPS) is 11.0. The van der Waals surface area contributed by atoms with Crippen molar-refractivity contribution in [2.24, 2.45) is 0 Å². The number of benzene rings is 2. The number of hydrogen-bond donors (Lipinski definition) is 2. The van der Waals surface area contributed by atoms with E-state index >= 15 is 0 Å². The van der Waals surface area contributed by atoms with Gasteiger partial charge in [-0.3, -0.25) is 9.59 Å². The molecule has 0 aromatic heterocycles. The second-order valence-corrected chi connectivity index (χ2v) is 5.14. The summed E-state index contributed by atoms with van der Waals surface area (Å²) in [7, 11) is 0. The van der Waals surface area contributed by atoms with Gasteiger partial charge in [-0.1, -0.05) is 30.3 Å². The molecule has 0 saturated heterocycles. The molecule has 0 fully saturated rings. The van der Waals surface area contributed by atoms with Gasteiger partial charge in [0.15, 0.2) is 0 Å². The molecule has 4 nitrogen and oxygen atoms in total. The molecule has 132 valence electrons. The molecular weight excluding hydrogens is 340 g/mol. The van der Waals surface area contributed by atoms with Crippen molar-refractivity contribution >= 4 is 17.5 Å². The van der Waals surface area contributed by atoms with Gasteiger partial charge >= 0.3 is 18.0 Å². The monoisotopic (exact) mass is 354 g/mol. The number of nitrogens with one attached hydrogen (secondary N) is 2. The van der Waals surface area contributed by atoms with Crippen LogP contribution in [0.2, 0.25) is 0 Å². The van der Waals surface area contributed by atoms with Gasteiger partial charge in [-0.2, -0.15) is 13.2 Å². The Morgan fingerprint density at radius 3 is 2.36 bits per heavy atom. The van der Waals surface area contributed by atoms with Gasteiger partial charge in [0, 0.05) is 6.54 Å². The van der Waals surface area contributed by atoms with E-state index in [9.17, 15) is 27.2 Å². The summed E-state index contributed by atoms with van der Waals surface area (Å²) in [5.41, 5.74) is -0.557. The highest BCUT2D eigenvalue weighted by Crippen LogP contribution is 2.29. The highest BCUT2D eigenvalue weighted by Gasteiger charge is 2.30. The molecule has 0 radical (unpaired) electrons. The van der Waals surface area contributed by atoms with Gasteiger partial charge < -0.3 is 10.6 Å². The molecule has 0 aliphatic carbocycles. The van der Waals surface area contributed by atoms with Gasteiger partial charge in [0.1, 0.15) is 5.82 Å². The second-order valence-electron chi connectivity index (χ2n) is 5.14. The summed E-state index contributed by atoms with van der Waals surface area (Å²) in [5, 5.41) is 4.39. The van der Waals surface area contributed by atoms with Gasteiger partial charge in [0.05, 0.1) is 11.3 Å². The number of carbonyl (C=O) groups is 2. The van der Waals surface area contributed by atoms with Crippen molar-refractivity contribution in [3.05, 3.63) is 65.5 Å². The Bertz CT molecular complexity index is 775. The third-order valence-corrected chi connectivity index (χ3v) is 3.28. The summed E-state index contributed by atoms with van der Waals surface area (Å²) < 4.78 is 51.2. The first-order chi connectivity index (χ1) is 11.8. The van der Waals surface area contributed by atoms with E-state index in [0.717, 1.165) is 18.2 Å². The first-order valence-corrected chi connectivity index (χ1v) is 7.27. The van der Waals surface area contributed by atoms with Crippen LogP contribution in [0.1, 0.15) is 11.1 Å². The molecule has 0 aliphatic rings. The number of carbonyl (C=O) groups excluding carboxylic acids is 2. The van der Waals surface area contributed by atoms with E-state index in [1.165, 1.54) is 30.3 Å². The van der Waals surface area contributed by atoms with Crippen LogP contribution >= 0.6 is 0 Å². The van der Waals surface area contributed by atoms with Gasteiger partial charge in [-0.15, -0.1) is 0 Å². The molecule has 0 heterocycles. The third kappa shape index (κ3) is 5.30. The number of rotatable bonds is 4. The van der Waals surface area contributed by atoms with Crippen LogP contribution in [0.4, 0.5) is 23.2 Å². The molecule has 2 N–H and O–H groups in total. The van der Waals surface area contributed by atoms with Crippen LogP contribution in [-0.2, 0) is 22.2 Å². The van der Waals surface area contributed by atoms with Gasteiger partial charge in [-0.05, 0) is 30.2 Å². The fraction of sp³-hybridized carbons (Fsp3) is 0.176. The molecule has 2 amide bonds. The Kier molecular flexibility index (Phi) is 5.74. The largest absolute Gasteiger partial charge is 0.416 e. The van der Waals surface area contributed by atoms with Crippen LogP contribution in [0.15, 0.2) is 48.5 Å². The zero-order valence-corrected chi connectivity index (χ0v) is 12.9. The SMILES string of the molecule is O=C(NCCc1cccc(C(F)(F)F)c1)C(=O)Nc1ccccc1F. The molecule has 0 aliphatic heterocycles. The zero-order chi connectivity index (χ0) is 18.4. The lowest BCUT2D eigenvalue weighted by molar-refractivity contribution is -0.137. The maximum atomic E-state index is 13.4. The van der Waals surface area contributed by atoms with Gasteiger partial charge in [-0.25, -0.2) is 4.39 Å². The molecule has 2 aromatic carbocycles. The van der Waals surface area contributed by atoms with E-state index in [1.54, 1.807) is 0 Å². The number of alkyl halides is 3. The predicted molar refractivity (Wildman–Crippen MR) is 83.2 cm³/mol. The number of para-hydroxylation sites is 1. The molecule has 2 aromatic rings. The van der Waals surface area contributed by atoms with E-state index in [-0.39, 0.29) is 18.7 Å². The minimum absolute atomic E-state index is 0.0369. The Balaban J connectivity index is 1.86. The minimum atomic E-state index is -4.45. The highest BCUT2D eigenvalue weighted by atomic mass is 19.4. The van der Waals surface area contributed by atoms with Crippen LogP contribution in [0.5, 0.6) is 0 Å². The lowest BCUT2D eigenvalue weighted by Crippen LogP contribution is -2.36. The molecule has 2 rings (SSSR count). The quantitative estimate of drug-likeness (QED) is 0.655. The van der Waals surface area contributed by atoms with Crippen LogP contribution < -0.4 is 10.6 Å². The van der Waals surface area contributed by atoms with Crippen molar-refractivity contribution in [2.45, 2.75) is 12.6 Å². The van der Waals surface area contributed by atoms with Crippen LogP contribution in [0.3, 0.4) is 0 Å². The van der Waals surface area contributed by atoms with Crippen LogP contribution in [-0.4, -0.2) is 18.4 Å². The summed E-state index contributed by atoms with van der Waals surface area (Å²) in [6.45, 7) is -0.0369. The average Bonchev–Trinajstić information content (AvgIpc) is 2.56. The standard InChI is InChI=1S/C17H14F4N2O2/c18-13-6-1-2-7-14(13)23-16(25)15(24)22-9-8-11-4-3-5-12(10-11)17(19,20)21/h1-7,10H,8-9H2,(H,22,24)(H,23,25). The lowest BCUT2D eigenvalue weighted by atomic mass is 10.1. The molecule has 0 atom stereocenters. The van der Waals surface area contributed by atoms with Crippen LogP contribution in [0.25, 0.3) is 0 Å². The summed E-state index contributed by atoms with van der Waals surface area (Å²) in [4.78, 5) is 23.3. The van der Waals surface area contributed by atoms with E-state index in [4.69, 9.17) is 0 Å². The van der Waals surface area contributed by atoms with E-state index in [2.05, 4.69) is 10.6 Å². The Labute approximate surface area is 140 Å². The van der Waals surface area contributed by atoms with Crippen molar-refractivity contribution in [1.29, 1.82) is 0 Å². The molecule has 0 bridgehead atoms. The maximum Gasteiger partial charge on any atom is 0.416 e. The number of halogens is 4. The molecule has 0 spiro atoms. The van der Waals surface area contributed by atoms with Crippen molar-refractivity contribution in [3.63, 3.8) is 0 Å². The predicted octanol–water partition coefficient (Wildman–Crippen LogP) is 3.14. The number of hydrogen-bond acceptors (Lipinski definition) is 2. The highest BCUT2D eigenvalue weighted by molar-refractivity contribution is 6.39. The first kappa shape index (κ1) is 18.4. The van der Waals surface area contributed by atoms with Crippen molar-refractivity contribution < 1.29 is 27.2 Å². The van der Waals surface area contributed by atoms with Crippen molar-refractivity contribution in [2.75, 3.05) is 11.9 Å². The van der Waals surface area contributed by atoms with E-state index in [1.807, 2.05) is 0 Å². The molecule has 0 unspecified atom stereocenters.